The molecule has 6 rings (SSSR count). The number of hydrogen-bond donors (Lipinski definition) is 2. The van der Waals surface area contributed by atoms with E-state index in [1.807, 2.05) is 12.1 Å². The third kappa shape index (κ3) is 4.39. The first-order valence-corrected chi connectivity index (χ1v) is 12.3. The summed E-state index contributed by atoms with van der Waals surface area (Å²) in [7, 11) is 0. The molecular formula is C26H27N5O5. The number of ether oxygens (including phenoxy) is 2. The van der Waals surface area contributed by atoms with Crippen molar-refractivity contribution in [1.82, 2.24) is 19.8 Å². The number of amides is 3. The molecule has 3 aliphatic heterocycles. The van der Waals surface area contributed by atoms with E-state index in [2.05, 4.69) is 20.2 Å². The molecule has 1 atom stereocenters. The summed E-state index contributed by atoms with van der Waals surface area (Å²) in [4.78, 5) is 50.1. The summed E-state index contributed by atoms with van der Waals surface area (Å²) in [5.74, 6) is -0.213. The number of imide groups is 1. The summed E-state index contributed by atoms with van der Waals surface area (Å²) in [6.45, 7) is 4.81. The lowest BCUT2D eigenvalue weighted by atomic mass is 10.1. The molecule has 2 fully saturated rings. The molecule has 10 heteroatoms. The number of H-pyrrole nitrogens is 1. The summed E-state index contributed by atoms with van der Waals surface area (Å²) >= 11 is 0. The fourth-order valence-electron chi connectivity index (χ4n) is 4.98. The van der Waals surface area contributed by atoms with E-state index in [1.54, 1.807) is 18.2 Å². The molecular weight excluding hydrogens is 462 g/mol. The van der Waals surface area contributed by atoms with Crippen LogP contribution >= 0.6 is 0 Å². The Labute approximate surface area is 207 Å². The van der Waals surface area contributed by atoms with E-state index in [-0.39, 0.29) is 35.9 Å². The molecule has 0 saturated carbocycles. The van der Waals surface area contributed by atoms with Crippen LogP contribution in [0.15, 0.2) is 36.4 Å². The maximum absolute atomic E-state index is 13.0. The quantitative estimate of drug-likeness (QED) is 0.511. The molecule has 2 N–H and O–H groups in total. The van der Waals surface area contributed by atoms with Crippen molar-refractivity contribution >= 4 is 34.4 Å². The van der Waals surface area contributed by atoms with Gasteiger partial charge < -0.3 is 19.8 Å². The molecule has 3 aromatic rings. The highest BCUT2D eigenvalue weighted by molar-refractivity contribution is 6.22. The maximum atomic E-state index is 13.0. The predicted molar refractivity (Wildman–Crippen MR) is 131 cm³/mol. The second-order valence-electron chi connectivity index (χ2n) is 9.37. The number of imidazole rings is 1. The molecule has 0 spiro atoms. The van der Waals surface area contributed by atoms with Crippen molar-refractivity contribution in [2.45, 2.75) is 25.5 Å². The minimum Gasteiger partial charge on any atom is -0.379 e. The van der Waals surface area contributed by atoms with Crippen LogP contribution in [-0.2, 0) is 16.0 Å². The Morgan fingerprint density at radius 2 is 1.89 bits per heavy atom. The third-order valence-corrected chi connectivity index (χ3v) is 6.91. The van der Waals surface area contributed by atoms with E-state index in [4.69, 9.17) is 9.47 Å². The van der Waals surface area contributed by atoms with E-state index in [0.29, 0.717) is 30.0 Å². The van der Waals surface area contributed by atoms with Crippen molar-refractivity contribution in [3.8, 4) is 0 Å². The first-order chi connectivity index (χ1) is 17.5. The lowest BCUT2D eigenvalue weighted by Crippen LogP contribution is -2.36. The molecule has 36 heavy (non-hydrogen) atoms. The van der Waals surface area contributed by atoms with Gasteiger partial charge in [-0.3, -0.25) is 24.2 Å². The average molecular weight is 490 g/mol. The van der Waals surface area contributed by atoms with Gasteiger partial charge in [0.05, 0.1) is 54.6 Å². The number of aromatic nitrogens is 2. The lowest BCUT2D eigenvalue weighted by molar-refractivity contribution is 0.0332. The van der Waals surface area contributed by atoms with Crippen molar-refractivity contribution in [2.24, 2.45) is 0 Å². The second-order valence-corrected chi connectivity index (χ2v) is 9.37. The van der Waals surface area contributed by atoms with Crippen LogP contribution in [0.3, 0.4) is 0 Å². The van der Waals surface area contributed by atoms with Gasteiger partial charge in [0, 0.05) is 30.9 Å². The van der Waals surface area contributed by atoms with Crippen molar-refractivity contribution in [2.75, 3.05) is 44.8 Å². The van der Waals surface area contributed by atoms with Gasteiger partial charge in [-0.05, 0) is 49.2 Å². The Bertz CT molecular complexity index is 1340. The molecule has 0 radical (unpaired) electrons. The molecule has 0 bridgehead atoms. The molecule has 1 unspecified atom stereocenters. The normalized spacial score (nSPS) is 20.3. The van der Waals surface area contributed by atoms with Crippen molar-refractivity contribution < 1.29 is 23.9 Å². The highest BCUT2D eigenvalue weighted by atomic mass is 16.5. The molecule has 3 aliphatic rings. The van der Waals surface area contributed by atoms with Gasteiger partial charge in [0.1, 0.15) is 5.82 Å². The van der Waals surface area contributed by atoms with E-state index >= 15 is 0 Å². The topological polar surface area (TPSA) is 117 Å². The summed E-state index contributed by atoms with van der Waals surface area (Å²) in [6, 6.07) is 10.1. The van der Waals surface area contributed by atoms with Crippen molar-refractivity contribution in [3.63, 3.8) is 0 Å². The SMILES string of the molecule is O=C(Nc1ccc2nc(CN3CCOCC3)[nH]c2c1)c1ccc2c(c1)C(=O)N(CC1CCCO1)C2=O. The fourth-order valence-corrected chi connectivity index (χ4v) is 4.98. The van der Waals surface area contributed by atoms with Gasteiger partial charge in [-0.15, -0.1) is 0 Å². The summed E-state index contributed by atoms with van der Waals surface area (Å²) < 4.78 is 11.0. The van der Waals surface area contributed by atoms with Crippen LogP contribution in [0, 0.1) is 0 Å². The number of hydrogen-bond acceptors (Lipinski definition) is 7. The fraction of sp³-hybridized carbons (Fsp3) is 0.385. The number of carbonyl (C=O) groups is 3. The van der Waals surface area contributed by atoms with Crippen LogP contribution in [0.5, 0.6) is 0 Å². The molecule has 2 saturated heterocycles. The van der Waals surface area contributed by atoms with Gasteiger partial charge >= 0.3 is 0 Å². The van der Waals surface area contributed by atoms with Gasteiger partial charge in [0.15, 0.2) is 0 Å². The zero-order chi connectivity index (χ0) is 24.6. The predicted octanol–water partition coefficient (Wildman–Crippen LogP) is 2.42. The van der Waals surface area contributed by atoms with E-state index < -0.39 is 0 Å². The van der Waals surface area contributed by atoms with Gasteiger partial charge in [-0.25, -0.2) is 4.98 Å². The van der Waals surface area contributed by atoms with Crippen LogP contribution in [0.4, 0.5) is 5.69 Å². The highest BCUT2D eigenvalue weighted by Gasteiger charge is 2.38. The zero-order valence-electron chi connectivity index (χ0n) is 19.8. The van der Waals surface area contributed by atoms with Gasteiger partial charge in [0.2, 0.25) is 0 Å². The lowest BCUT2D eigenvalue weighted by Gasteiger charge is -2.25. The number of rotatable bonds is 6. The monoisotopic (exact) mass is 489 g/mol. The van der Waals surface area contributed by atoms with Crippen LogP contribution in [0.2, 0.25) is 0 Å². The third-order valence-electron chi connectivity index (χ3n) is 6.91. The first-order valence-electron chi connectivity index (χ1n) is 12.3. The number of benzene rings is 2. The van der Waals surface area contributed by atoms with E-state index in [1.165, 1.54) is 11.0 Å². The van der Waals surface area contributed by atoms with Crippen molar-refractivity contribution in [3.05, 3.63) is 58.9 Å². The minimum atomic E-state index is -0.383. The number of fused-ring (bicyclic) bond motifs is 2. The maximum Gasteiger partial charge on any atom is 0.261 e. The smallest absolute Gasteiger partial charge is 0.261 e. The Morgan fingerprint density at radius 3 is 2.69 bits per heavy atom. The number of morpholine rings is 1. The van der Waals surface area contributed by atoms with Crippen LogP contribution in [0.25, 0.3) is 11.0 Å². The molecule has 10 nitrogen and oxygen atoms in total. The number of nitrogens with zero attached hydrogens (tertiary/aromatic N) is 3. The molecule has 0 aliphatic carbocycles. The van der Waals surface area contributed by atoms with Crippen LogP contribution < -0.4 is 5.32 Å². The molecule has 3 amide bonds. The summed E-state index contributed by atoms with van der Waals surface area (Å²) in [6.07, 6.45) is 1.63. The second kappa shape index (κ2) is 9.45. The van der Waals surface area contributed by atoms with Crippen molar-refractivity contribution in [1.29, 1.82) is 0 Å². The Balaban J connectivity index is 1.15. The molecule has 2 aromatic carbocycles. The number of carbonyl (C=O) groups excluding carboxylic acids is 3. The van der Waals surface area contributed by atoms with E-state index in [0.717, 1.165) is 56.0 Å². The Kier molecular flexibility index (Phi) is 6.00. The average Bonchev–Trinajstić information content (AvgIpc) is 3.60. The standard InChI is InChI=1S/C26H27N5O5/c32-24(16-3-5-19-20(12-16)26(34)31(25(19)33)14-18-2-1-9-36-18)27-17-4-6-21-22(13-17)29-23(28-21)15-30-7-10-35-11-8-30/h3-6,12-13,18H,1-2,7-11,14-15H2,(H,27,32)(H,28,29). The number of aromatic amines is 1. The number of nitrogens with one attached hydrogen (secondary N) is 2. The summed E-state index contributed by atoms with van der Waals surface area (Å²) in [5, 5.41) is 2.88. The molecule has 4 heterocycles. The Hall–Kier alpha value is -3.60. The summed E-state index contributed by atoms with van der Waals surface area (Å²) in [5.41, 5.74) is 3.15. The zero-order valence-corrected chi connectivity index (χ0v) is 19.8. The highest BCUT2D eigenvalue weighted by Crippen LogP contribution is 2.27. The van der Waals surface area contributed by atoms with Gasteiger partial charge in [-0.2, -0.15) is 0 Å². The van der Waals surface area contributed by atoms with Crippen LogP contribution in [0.1, 0.15) is 49.7 Å². The number of anilines is 1. The van der Waals surface area contributed by atoms with Crippen LogP contribution in [-0.4, -0.2) is 83.0 Å². The van der Waals surface area contributed by atoms with E-state index in [9.17, 15) is 14.4 Å². The molecule has 186 valence electrons. The Morgan fingerprint density at radius 1 is 1.06 bits per heavy atom. The first kappa shape index (κ1) is 22.8. The minimum absolute atomic E-state index is 0.123. The van der Waals surface area contributed by atoms with Gasteiger partial charge in [0.25, 0.3) is 17.7 Å². The molecule has 1 aromatic heterocycles. The largest absolute Gasteiger partial charge is 0.379 e. The van der Waals surface area contributed by atoms with Gasteiger partial charge in [-0.1, -0.05) is 0 Å².